The topological polar surface area (TPSA) is 77.0 Å². The van der Waals surface area contributed by atoms with Crippen LogP contribution < -0.4 is 10.6 Å². The molecule has 0 saturated carbocycles. The molecule has 0 radical (unpaired) electrons. The predicted octanol–water partition coefficient (Wildman–Crippen LogP) is 2.15. The van der Waals surface area contributed by atoms with Crippen LogP contribution in [-0.4, -0.2) is 70.4 Å². The van der Waals surface area contributed by atoms with Crippen LogP contribution in [0.5, 0.6) is 0 Å². The molecule has 1 aliphatic heterocycles. The number of sulfonamides is 1. The second-order valence-corrected chi connectivity index (χ2v) is 10.3. The molecule has 1 saturated heterocycles. The van der Waals surface area contributed by atoms with E-state index in [-0.39, 0.29) is 0 Å². The highest BCUT2D eigenvalue weighted by Crippen LogP contribution is 2.21. The van der Waals surface area contributed by atoms with Crippen LogP contribution in [0.15, 0.2) is 51.0 Å². The van der Waals surface area contributed by atoms with Crippen molar-refractivity contribution in [1.82, 2.24) is 19.8 Å². The first-order chi connectivity index (χ1) is 14.4. The van der Waals surface area contributed by atoms with Crippen molar-refractivity contribution in [3.63, 3.8) is 0 Å². The van der Waals surface area contributed by atoms with Crippen molar-refractivity contribution in [2.45, 2.75) is 24.3 Å². The van der Waals surface area contributed by atoms with Crippen LogP contribution in [0.4, 0.5) is 0 Å². The first kappa shape index (κ1) is 22.7. The van der Waals surface area contributed by atoms with Crippen LogP contribution in [0.2, 0.25) is 0 Å². The third-order valence-corrected chi connectivity index (χ3v) is 8.11. The van der Waals surface area contributed by atoms with Crippen molar-refractivity contribution in [3.8, 4) is 0 Å². The Bertz CT molecular complexity index is 936. The van der Waals surface area contributed by atoms with Crippen LogP contribution in [0.3, 0.4) is 0 Å². The standard InChI is InChI=1S/C21H31N5O2S2/c1-17(19-8-13-29-16-19)14-23-21(22-2)24-15-18-6-4-5-7-20(18)30(27,28)26-11-9-25(3)10-12-26/h4-8,13,16-17H,9-12,14-15H2,1-3H3,(H2,22,23,24). The van der Waals surface area contributed by atoms with Crippen molar-refractivity contribution in [2.75, 3.05) is 46.8 Å². The summed E-state index contributed by atoms with van der Waals surface area (Å²) in [4.78, 5) is 6.79. The average Bonchev–Trinajstić information content (AvgIpc) is 3.29. The van der Waals surface area contributed by atoms with E-state index in [0.29, 0.717) is 36.4 Å². The van der Waals surface area contributed by atoms with Gasteiger partial charge in [0.25, 0.3) is 0 Å². The Hall–Kier alpha value is -1.94. The number of hydrogen-bond acceptors (Lipinski definition) is 5. The van der Waals surface area contributed by atoms with Gasteiger partial charge >= 0.3 is 0 Å². The zero-order valence-corrected chi connectivity index (χ0v) is 19.5. The average molecular weight is 450 g/mol. The summed E-state index contributed by atoms with van der Waals surface area (Å²) in [5.41, 5.74) is 2.04. The monoisotopic (exact) mass is 449 g/mol. The number of nitrogens with one attached hydrogen (secondary N) is 2. The van der Waals surface area contributed by atoms with E-state index in [9.17, 15) is 8.42 Å². The molecule has 0 amide bonds. The van der Waals surface area contributed by atoms with Gasteiger partial charge in [-0.05, 0) is 47.0 Å². The Labute approximate surface area is 183 Å². The highest BCUT2D eigenvalue weighted by atomic mass is 32.2. The first-order valence-electron chi connectivity index (χ1n) is 10.1. The maximum absolute atomic E-state index is 13.2. The Morgan fingerprint density at radius 1 is 1.17 bits per heavy atom. The predicted molar refractivity (Wildman–Crippen MR) is 124 cm³/mol. The molecule has 1 aliphatic rings. The minimum Gasteiger partial charge on any atom is -0.356 e. The molecule has 2 heterocycles. The van der Waals surface area contributed by atoms with E-state index in [1.165, 1.54) is 5.56 Å². The van der Waals surface area contributed by atoms with Gasteiger partial charge in [0.2, 0.25) is 10.0 Å². The van der Waals surface area contributed by atoms with Crippen LogP contribution in [-0.2, 0) is 16.6 Å². The summed E-state index contributed by atoms with van der Waals surface area (Å²) >= 11 is 1.69. The van der Waals surface area contributed by atoms with Gasteiger partial charge in [-0.15, -0.1) is 0 Å². The van der Waals surface area contributed by atoms with Crippen LogP contribution in [0.25, 0.3) is 0 Å². The molecule has 3 rings (SSSR count). The number of piperazine rings is 1. The molecule has 1 atom stereocenters. The van der Waals surface area contributed by atoms with Crippen LogP contribution >= 0.6 is 11.3 Å². The third-order valence-electron chi connectivity index (χ3n) is 5.41. The number of hydrogen-bond donors (Lipinski definition) is 2. The second-order valence-electron chi connectivity index (χ2n) is 7.58. The largest absolute Gasteiger partial charge is 0.356 e. The number of likely N-dealkylation sites (N-methyl/N-ethyl adjacent to an activating group) is 1. The molecule has 7 nitrogen and oxygen atoms in total. The summed E-state index contributed by atoms with van der Waals surface area (Å²) in [5.74, 6) is 1.02. The minimum absolute atomic E-state index is 0.361. The zero-order valence-electron chi connectivity index (χ0n) is 17.8. The van der Waals surface area contributed by atoms with Crippen molar-refractivity contribution in [3.05, 3.63) is 52.2 Å². The smallest absolute Gasteiger partial charge is 0.243 e. The summed E-state index contributed by atoms with van der Waals surface area (Å²) in [6.45, 7) is 5.83. The molecule has 1 unspecified atom stereocenters. The van der Waals surface area contributed by atoms with Crippen molar-refractivity contribution in [1.29, 1.82) is 0 Å². The van der Waals surface area contributed by atoms with E-state index < -0.39 is 10.0 Å². The van der Waals surface area contributed by atoms with Crippen LogP contribution in [0.1, 0.15) is 24.0 Å². The minimum atomic E-state index is -3.52. The van der Waals surface area contributed by atoms with E-state index in [2.05, 4.69) is 44.3 Å². The fourth-order valence-corrected chi connectivity index (χ4v) is 5.82. The molecule has 0 bridgehead atoms. The SMILES string of the molecule is CN=C(NCc1ccccc1S(=O)(=O)N1CCN(C)CC1)NCC(C)c1ccsc1. The molecule has 0 spiro atoms. The number of benzene rings is 1. The van der Waals surface area contributed by atoms with Gasteiger partial charge in [-0.3, -0.25) is 4.99 Å². The van der Waals surface area contributed by atoms with E-state index in [4.69, 9.17) is 0 Å². The van der Waals surface area contributed by atoms with Gasteiger partial charge in [-0.2, -0.15) is 15.6 Å². The Morgan fingerprint density at radius 2 is 1.90 bits per heavy atom. The van der Waals surface area contributed by atoms with Gasteiger partial charge in [-0.25, -0.2) is 8.42 Å². The summed E-state index contributed by atoms with van der Waals surface area (Å²) in [5, 5.41) is 10.8. The number of nitrogens with zero attached hydrogens (tertiary/aromatic N) is 3. The van der Waals surface area contributed by atoms with Gasteiger partial charge in [0.05, 0.1) is 4.90 Å². The molecule has 1 fully saturated rings. The van der Waals surface area contributed by atoms with Gasteiger partial charge in [0.1, 0.15) is 0 Å². The second kappa shape index (κ2) is 10.4. The number of guanidine groups is 1. The zero-order chi connectivity index (χ0) is 21.6. The molecule has 1 aromatic heterocycles. The third kappa shape index (κ3) is 5.60. The molecule has 2 aromatic rings. The molecule has 0 aliphatic carbocycles. The molecule has 1 aromatic carbocycles. The van der Waals surface area contributed by atoms with Gasteiger partial charge in [-0.1, -0.05) is 25.1 Å². The number of aliphatic imine (C=N–C) groups is 1. The van der Waals surface area contributed by atoms with Crippen molar-refractivity contribution < 1.29 is 8.42 Å². The highest BCUT2D eigenvalue weighted by Gasteiger charge is 2.29. The molecular weight excluding hydrogens is 418 g/mol. The lowest BCUT2D eigenvalue weighted by Crippen LogP contribution is -2.47. The summed E-state index contributed by atoms with van der Waals surface area (Å²) in [6, 6.07) is 9.33. The quantitative estimate of drug-likeness (QED) is 0.500. The summed E-state index contributed by atoms with van der Waals surface area (Å²) < 4.78 is 28.0. The highest BCUT2D eigenvalue weighted by molar-refractivity contribution is 7.89. The molecular formula is C21H31N5O2S2. The van der Waals surface area contributed by atoms with Crippen molar-refractivity contribution in [2.24, 2.45) is 4.99 Å². The Kier molecular flexibility index (Phi) is 7.87. The van der Waals surface area contributed by atoms with Crippen molar-refractivity contribution >= 4 is 27.3 Å². The molecule has 164 valence electrons. The number of rotatable bonds is 7. The first-order valence-corrected chi connectivity index (χ1v) is 12.5. The van der Waals surface area contributed by atoms with Gasteiger partial charge in [0, 0.05) is 46.3 Å². The van der Waals surface area contributed by atoms with Crippen LogP contribution in [0, 0.1) is 0 Å². The molecule has 30 heavy (non-hydrogen) atoms. The Morgan fingerprint density at radius 3 is 2.57 bits per heavy atom. The fourth-order valence-electron chi connectivity index (χ4n) is 3.39. The van der Waals surface area contributed by atoms with E-state index in [0.717, 1.165) is 25.2 Å². The normalized spacial score (nSPS) is 17.6. The lowest BCUT2D eigenvalue weighted by Gasteiger charge is -2.32. The van der Waals surface area contributed by atoms with Gasteiger partial charge < -0.3 is 15.5 Å². The van der Waals surface area contributed by atoms with E-state index in [1.807, 2.05) is 19.2 Å². The summed E-state index contributed by atoms with van der Waals surface area (Å²) in [6.07, 6.45) is 0. The number of thiophene rings is 1. The molecule has 9 heteroatoms. The Balaban J connectivity index is 1.64. The van der Waals surface area contributed by atoms with Gasteiger partial charge in [0.15, 0.2) is 5.96 Å². The lowest BCUT2D eigenvalue weighted by atomic mass is 10.1. The maximum atomic E-state index is 13.2. The fraction of sp³-hybridized carbons (Fsp3) is 0.476. The van der Waals surface area contributed by atoms with E-state index in [1.54, 1.807) is 34.8 Å². The maximum Gasteiger partial charge on any atom is 0.243 e. The summed E-state index contributed by atoms with van der Waals surface area (Å²) in [7, 11) is 0.215. The molecule has 2 N–H and O–H groups in total. The lowest BCUT2D eigenvalue weighted by molar-refractivity contribution is 0.222. The van der Waals surface area contributed by atoms with E-state index >= 15 is 0 Å².